The van der Waals surface area contributed by atoms with E-state index in [0.717, 1.165) is 11.1 Å². The predicted octanol–water partition coefficient (Wildman–Crippen LogP) is 2.92. The average molecular weight is 228 g/mol. The molecule has 2 nitrogen and oxygen atoms in total. The van der Waals surface area contributed by atoms with Crippen molar-refractivity contribution in [3.63, 3.8) is 0 Å². The molecule has 0 aromatic heterocycles. The van der Waals surface area contributed by atoms with E-state index < -0.39 is 0 Å². The second-order valence-electron chi connectivity index (χ2n) is 3.38. The Balaban J connectivity index is 0.000000437. The van der Waals surface area contributed by atoms with E-state index in [-0.39, 0.29) is 12.4 Å². The first-order valence-corrected chi connectivity index (χ1v) is 5.55. The van der Waals surface area contributed by atoms with Crippen LogP contribution < -0.4 is 0 Å². The smallest absolute Gasteiger partial charge is 0.193 e. The lowest BCUT2D eigenvalue weighted by Crippen LogP contribution is -1.99. The molecule has 0 radical (unpaired) electrons. The van der Waals surface area contributed by atoms with Crippen molar-refractivity contribution < 1.29 is 9.90 Å². The van der Waals surface area contributed by atoms with Gasteiger partial charge < -0.3 is 5.11 Å². The quantitative estimate of drug-likeness (QED) is 0.802. The molecule has 0 fully saturated rings. The molecule has 0 saturated heterocycles. The largest absolute Gasteiger partial charge is 0.397 e. The second kappa shape index (κ2) is 7.36. The molecule has 0 spiro atoms. The lowest BCUT2D eigenvalue weighted by molar-refractivity contribution is 0.103. The SMILES string of the molecule is CCO.O=C(c1ccccc1)c1ccccc1. The van der Waals surface area contributed by atoms with E-state index in [1.54, 1.807) is 6.92 Å². The lowest BCUT2D eigenvalue weighted by Gasteiger charge is -1.99. The summed E-state index contributed by atoms with van der Waals surface area (Å²) in [6, 6.07) is 18.6. The Morgan fingerprint density at radius 1 is 0.882 bits per heavy atom. The van der Waals surface area contributed by atoms with Crippen LogP contribution in [0.1, 0.15) is 22.8 Å². The van der Waals surface area contributed by atoms with Gasteiger partial charge in [0.1, 0.15) is 0 Å². The van der Waals surface area contributed by atoms with E-state index in [2.05, 4.69) is 0 Å². The second-order valence-corrected chi connectivity index (χ2v) is 3.38. The fourth-order valence-electron chi connectivity index (χ4n) is 1.35. The highest BCUT2D eigenvalue weighted by atomic mass is 16.2. The third-order valence-corrected chi connectivity index (χ3v) is 2.07. The van der Waals surface area contributed by atoms with E-state index in [9.17, 15) is 4.79 Å². The zero-order chi connectivity index (χ0) is 12.5. The maximum atomic E-state index is 11.8. The molecule has 0 aliphatic carbocycles. The molecular weight excluding hydrogens is 212 g/mol. The molecule has 2 heteroatoms. The summed E-state index contributed by atoms with van der Waals surface area (Å²) >= 11 is 0. The number of ketones is 1. The van der Waals surface area contributed by atoms with Crippen LogP contribution in [0.4, 0.5) is 0 Å². The van der Waals surface area contributed by atoms with Gasteiger partial charge in [0.05, 0.1) is 0 Å². The van der Waals surface area contributed by atoms with Crippen molar-refractivity contribution in [3.05, 3.63) is 71.8 Å². The first-order valence-electron chi connectivity index (χ1n) is 5.55. The van der Waals surface area contributed by atoms with Crippen LogP contribution in [0.2, 0.25) is 0 Å². The molecule has 0 aliphatic heterocycles. The van der Waals surface area contributed by atoms with Gasteiger partial charge in [-0.15, -0.1) is 0 Å². The zero-order valence-electron chi connectivity index (χ0n) is 9.84. The van der Waals surface area contributed by atoms with Gasteiger partial charge in [-0.3, -0.25) is 4.79 Å². The first kappa shape index (κ1) is 13.1. The molecule has 2 aromatic carbocycles. The van der Waals surface area contributed by atoms with Crippen LogP contribution in [0, 0.1) is 0 Å². The number of aliphatic hydroxyl groups excluding tert-OH is 1. The van der Waals surface area contributed by atoms with Gasteiger partial charge in [-0.2, -0.15) is 0 Å². The highest BCUT2D eigenvalue weighted by Crippen LogP contribution is 2.08. The van der Waals surface area contributed by atoms with E-state index in [1.807, 2.05) is 60.7 Å². The van der Waals surface area contributed by atoms with Gasteiger partial charge in [0.2, 0.25) is 0 Å². The van der Waals surface area contributed by atoms with Gasteiger partial charge in [0, 0.05) is 17.7 Å². The summed E-state index contributed by atoms with van der Waals surface area (Å²) in [6.45, 7) is 1.93. The molecule has 0 aliphatic rings. The minimum absolute atomic E-state index is 0.0752. The Bertz CT molecular complexity index is 393. The van der Waals surface area contributed by atoms with E-state index in [1.165, 1.54) is 0 Å². The monoisotopic (exact) mass is 228 g/mol. The molecule has 0 atom stereocenters. The molecule has 17 heavy (non-hydrogen) atoms. The summed E-state index contributed by atoms with van der Waals surface area (Å²) in [5, 5.41) is 7.57. The predicted molar refractivity (Wildman–Crippen MR) is 69.1 cm³/mol. The average Bonchev–Trinajstić information content (AvgIpc) is 2.41. The summed E-state index contributed by atoms with van der Waals surface area (Å²) in [7, 11) is 0. The number of hydrogen-bond acceptors (Lipinski definition) is 2. The van der Waals surface area contributed by atoms with Gasteiger partial charge in [0.25, 0.3) is 0 Å². The molecule has 2 aromatic rings. The topological polar surface area (TPSA) is 37.3 Å². The van der Waals surface area contributed by atoms with E-state index >= 15 is 0 Å². The Kier molecular flexibility index (Phi) is 5.69. The fraction of sp³-hybridized carbons (Fsp3) is 0.133. The highest BCUT2D eigenvalue weighted by molar-refractivity contribution is 6.08. The Morgan fingerprint density at radius 2 is 1.18 bits per heavy atom. The third kappa shape index (κ3) is 4.21. The summed E-state index contributed by atoms with van der Waals surface area (Å²) in [4.78, 5) is 11.8. The summed E-state index contributed by atoms with van der Waals surface area (Å²) in [5.41, 5.74) is 1.47. The Labute approximate surface area is 102 Å². The van der Waals surface area contributed by atoms with Gasteiger partial charge >= 0.3 is 0 Å². The maximum absolute atomic E-state index is 11.8. The normalized spacial score (nSPS) is 9.06. The van der Waals surface area contributed by atoms with Crippen molar-refractivity contribution in [3.8, 4) is 0 Å². The fourth-order valence-corrected chi connectivity index (χ4v) is 1.35. The summed E-state index contributed by atoms with van der Waals surface area (Å²) < 4.78 is 0. The van der Waals surface area contributed by atoms with Crippen molar-refractivity contribution in [2.45, 2.75) is 6.92 Å². The summed E-state index contributed by atoms with van der Waals surface area (Å²) in [5.74, 6) is 0.0752. The van der Waals surface area contributed by atoms with Crippen LogP contribution in [0.25, 0.3) is 0 Å². The van der Waals surface area contributed by atoms with Crippen LogP contribution in [0.3, 0.4) is 0 Å². The lowest BCUT2D eigenvalue weighted by atomic mass is 10.0. The van der Waals surface area contributed by atoms with Crippen molar-refractivity contribution in [1.29, 1.82) is 0 Å². The zero-order valence-corrected chi connectivity index (χ0v) is 9.84. The molecule has 0 bridgehead atoms. The van der Waals surface area contributed by atoms with Gasteiger partial charge in [-0.1, -0.05) is 60.7 Å². The molecule has 0 amide bonds. The molecule has 1 N–H and O–H groups in total. The number of benzene rings is 2. The van der Waals surface area contributed by atoms with Crippen molar-refractivity contribution in [2.75, 3.05) is 6.61 Å². The number of aliphatic hydroxyl groups is 1. The van der Waals surface area contributed by atoms with Crippen LogP contribution in [0.15, 0.2) is 60.7 Å². The number of carbonyl (C=O) groups is 1. The molecule has 88 valence electrons. The summed E-state index contributed by atoms with van der Waals surface area (Å²) in [6.07, 6.45) is 0. The number of rotatable bonds is 2. The van der Waals surface area contributed by atoms with Crippen LogP contribution >= 0.6 is 0 Å². The van der Waals surface area contributed by atoms with E-state index in [0.29, 0.717) is 0 Å². The van der Waals surface area contributed by atoms with Crippen LogP contribution in [-0.2, 0) is 0 Å². The number of hydrogen-bond donors (Lipinski definition) is 1. The molecule has 0 unspecified atom stereocenters. The Morgan fingerprint density at radius 3 is 1.47 bits per heavy atom. The van der Waals surface area contributed by atoms with Crippen molar-refractivity contribution in [1.82, 2.24) is 0 Å². The van der Waals surface area contributed by atoms with Gasteiger partial charge in [0.15, 0.2) is 5.78 Å². The van der Waals surface area contributed by atoms with Gasteiger partial charge in [-0.25, -0.2) is 0 Å². The third-order valence-electron chi connectivity index (χ3n) is 2.07. The standard InChI is InChI=1S/C13H10O.C2H6O/c14-13(11-7-3-1-4-8-11)12-9-5-2-6-10-12;1-2-3/h1-10H;3H,2H2,1H3. The minimum Gasteiger partial charge on any atom is -0.397 e. The van der Waals surface area contributed by atoms with Gasteiger partial charge in [-0.05, 0) is 6.92 Å². The molecule has 0 heterocycles. The molecule has 2 rings (SSSR count). The first-order chi connectivity index (χ1) is 8.29. The van der Waals surface area contributed by atoms with Crippen molar-refractivity contribution >= 4 is 5.78 Å². The van der Waals surface area contributed by atoms with Crippen LogP contribution in [-0.4, -0.2) is 17.5 Å². The molecule has 0 saturated carbocycles. The number of carbonyl (C=O) groups excluding carboxylic acids is 1. The minimum atomic E-state index is 0.0752. The van der Waals surface area contributed by atoms with Crippen LogP contribution in [0.5, 0.6) is 0 Å². The molecular formula is C15H16O2. The Hall–Kier alpha value is -1.93. The van der Waals surface area contributed by atoms with Crippen molar-refractivity contribution in [2.24, 2.45) is 0 Å². The highest BCUT2D eigenvalue weighted by Gasteiger charge is 2.06. The maximum Gasteiger partial charge on any atom is 0.193 e. The van der Waals surface area contributed by atoms with E-state index in [4.69, 9.17) is 5.11 Å².